The molecule has 4 rings (SSSR count). The van der Waals surface area contributed by atoms with Gasteiger partial charge in [0.05, 0.1) is 6.54 Å². The van der Waals surface area contributed by atoms with E-state index in [2.05, 4.69) is 9.88 Å². The van der Waals surface area contributed by atoms with Gasteiger partial charge in [-0.2, -0.15) is 0 Å². The minimum absolute atomic E-state index is 0.268. The Bertz CT molecular complexity index is 1220. The molecule has 168 valence electrons. The maximum absolute atomic E-state index is 13.7. The van der Waals surface area contributed by atoms with Crippen molar-refractivity contribution in [2.45, 2.75) is 19.6 Å². The molecule has 0 saturated carbocycles. The van der Waals surface area contributed by atoms with Gasteiger partial charge in [0.15, 0.2) is 5.11 Å². The Hall–Kier alpha value is -3.22. The molecule has 0 saturated heterocycles. The summed E-state index contributed by atoms with van der Waals surface area (Å²) in [6, 6.07) is 25.0. The van der Waals surface area contributed by atoms with Crippen LogP contribution in [0.1, 0.15) is 16.8 Å². The minimum atomic E-state index is -0.662. The Morgan fingerprint density at radius 3 is 2.30 bits per heavy atom. The fourth-order valence-electron chi connectivity index (χ4n) is 3.61. The van der Waals surface area contributed by atoms with E-state index in [1.165, 1.54) is 12.1 Å². The number of nitrogens with zero attached hydrogens (tertiary/aromatic N) is 2. The van der Waals surface area contributed by atoms with E-state index >= 15 is 0 Å². The molecule has 33 heavy (non-hydrogen) atoms. The number of halogens is 3. The Morgan fingerprint density at radius 1 is 0.848 bits per heavy atom. The number of aromatic nitrogens is 1. The van der Waals surface area contributed by atoms with E-state index < -0.39 is 11.6 Å². The topological polar surface area (TPSA) is 20.2 Å². The number of hydrogen-bond acceptors (Lipinski definition) is 1. The molecule has 3 aromatic carbocycles. The summed E-state index contributed by atoms with van der Waals surface area (Å²) in [5.74, 6) is -1.32. The van der Waals surface area contributed by atoms with Crippen molar-refractivity contribution in [2.24, 2.45) is 0 Å². The number of anilines is 1. The zero-order valence-electron chi connectivity index (χ0n) is 17.7. The van der Waals surface area contributed by atoms with E-state index in [4.69, 9.17) is 23.8 Å². The lowest BCUT2D eigenvalue weighted by Crippen LogP contribution is -2.34. The summed E-state index contributed by atoms with van der Waals surface area (Å²) in [5, 5.41) is 4.05. The third-order valence-corrected chi connectivity index (χ3v) is 5.73. The predicted molar refractivity (Wildman–Crippen MR) is 133 cm³/mol. The highest BCUT2D eigenvalue weighted by Crippen LogP contribution is 2.18. The van der Waals surface area contributed by atoms with E-state index in [-0.39, 0.29) is 5.69 Å². The Morgan fingerprint density at radius 2 is 1.58 bits per heavy atom. The lowest BCUT2D eigenvalue weighted by molar-refractivity contribution is 0.399. The summed E-state index contributed by atoms with van der Waals surface area (Å²) in [6.07, 6.45) is 2.01. The molecule has 0 unspecified atom stereocenters. The van der Waals surface area contributed by atoms with Crippen molar-refractivity contribution in [3.63, 3.8) is 0 Å². The minimum Gasteiger partial charge on any atom is -0.345 e. The van der Waals surface area contributed by atoms with E-state index in [0.29, 0.717) is 29.8 Å². The summed E-state index contributed by atoms with van der Waals surface area (Å²) in [6.45, 7) is 1.70. The van der Waals surface area contributed by atoms with Crippen LogP contribution in [-0.2, 0) is 19.6 Å². The van der Waals surface area contributed by atoms with Crippen LogP contribution in [0.5, 0.6) is 0 Å². The lowest BCUT2D eigenvalue weighted by atomic mass is 10.2. The van der Waals surface area contributed by atoms with Crippen molar-refractivity contribution in [3.8, 4) is 0 Å². The highest BCUT2D eigenvalue weighted by Gasteiger charge is 2.15. The fraction of sp³-hybridized carbons (Fsp3) is 0.115. The van der Waals surface area contributed by atoms with Crippen molar-refractivity contribution in [2.75, 3.05) is 5.32 Å². The van der Waals surface area contributed by atoms with E-state index in [1.54, 1.807) is 0 Å². The molecule has 0 fully saturated rings. The van der Waals surface area contributed by atoms with Gasteiger partial charge in [-0.15, -0.1) is 0 Å². The van der Waals surface area contributed by atoms with Crippen LogP contribution < -0.4 is 5.32 Å². The van der Waals surface area contributed by atoms with Crippen LogP contribution in [0.25, 0.3) is 0 Å². The zero-order chi connectivity index (χ0) is 23.2. The highest BCUT2D eigenvalue weighted by atomic mass is 35.5. The number of thiocarbonyl (C=S) groups is 1. The van der Waals surface area contributed by atoms with Crippen molar-refractivity contribution in [1.82, 2.24) is 9.47 Å². The third kappa shape index (κ3) is 6.40. The van der Waals surface area contributed by atoms with Gasteiger partial charge < -0.3 is 14.8 Å². The standard InChI is InChI=1S/C26H22ClF2N3S/c27-21-9-4-8-20(12-21)17-31-11-5-10-25(31)18-32(16-19-6-2-1-3-7-19)26(33)30-24-14-22(28)13-23(29)15-24/h1-15H,16-18H2,(H,30,33). The van der Waals surface area contributed by atoms with Gasteiger partial charge in [-0.05, 0) is 59.7 Å². The third-order valence-electron chi connectivity index (χ3n) is 5.14. The molecule has 0 spiro atoms. The van der Waals surface area contributed by atoms with Crippen LogP contribution in [0.3, 0.4) is 0 Å². The molecule has 0 aliphatic rings. The summed E-state index contributed by atoms with van der Waals surface area (Å²) in [7, 11) is 0. The average Bonchev–Trinajstić information content (AvgIpc) is 3.20. The van der Waals surface area contributed by atoms with Crippen LogP contribution >= 0.6 is 23.8 Å². The maximum atomic E-state index is 13.7. The van der Waals surface area contributed by atoms with E-state index in [1.807, 2.05) is 77.8 Å². The average molecular weight is 482 g/mol. The second-order valence-corrected chi connectivity index (χ2v) is 8.51. The molecule has 0 atom stereocenters. The SMILES string of the molecule is Fc1cc(F)cc(NC(=S)N(Cc2ccccc2)Cc2cccn2Cc2cccc(Cl)c2)c1. The Kier molecular flexibility index (Phi) is 7.37. The first-order valence-electron chi connectivity index (χ1n) is 10.4. The first-order chi connectivity index (χ1) is 16.0. The molecule has 0 aliphatic carbocycles. The molecule has 1 heterocycles. The normalized spacial score (nSPS) is 10.8. The fourth-order valence-corrected chi connectivity index (χ4v) is 4.07. The summed E-state index contributed by atoms with van der Waals surface area (Å²) in [5.41, 5.74) is 3.47. The monoisotopic (exact) mass is 481 g/mol. The highest BCUT2D eigenvalue weighted by molar-refractivity contribution is 7.80. The molecular formula is C26H22ClF2N3S. The predicted octanol–water partition coefficient (Wildman–Crippen LogP) is 6.87. The van der Waals surface area contributed by atoms with Gasteiger partial charge in [0.25, 0.3) is 0 Å². The zero-order valence-corrected chi connectivity index (χ0v) is 19.3. The number of rotatable bonds is 7. The van der Waals surface area contributed by atoms with Gasteiger partial charge in [-0.3, -0.25) is 0 Å². The summed E-state index contributed by atoms with van der Waals surface area (Å²) in [4.78, 5) is 1.97. The van der Waals surface area contributed by atoms with Gasteiger partial charge in [0, 0.05) is 41.8 Å². The molecule has 4 aromatic rings. The van der Waals surface area contributed by atoms with Crippen molar-refractivity contribution in [3.05, 3.63) is 125 Å². The second-order valence-electron chi connectivity index (χ2n) is 7.69. The van der Waals surface area contributed by atoms with Crippen LogP contribution in [0.4, 0.5) is 14.5 Å². The number of hydrogen-bond donors (Lipinski definition) is 1. The van der Waals surface area contributed by atoms with Crippen LogP contribution in [0, 0.1) is 11.6 Å². The van der Waals surface area contributed by atoms with Gasteiger partial charge in [0.1, 0.15) is 11.6 Å². The number of benzene rings is 3. The van der Waals surface area contributed by atoms with Crippen LogP contribution in [0.2, 0.25) is 5.02 Å². The molecule has 0 aliphatic heterocycles. The molecule has 7 heteroatoms. The first-order valence-corrected chi connectivity index (χ1v) is 11.2. The second kappa shape index (κ2) is 10.6. The molecule has 1 aromatic heterocycles. The van der Waals surface area contributed by atoms with Gasteiger partial charge in [-0.1, -0.05) is 54.1 Å². The van der Waals surface area contributed by atoms with Gasteiger partial charge >= 0.3 is 0 Å². The number of nitrogens with one attached hydrogen (secondary N) is 1. The smallest absolute Gasteiger partial charge is 0.174 e. The van der Waals surface area contributed by atoms with Gasteiger partial charge in [0.2, 0.25) is 0 Å². The van der Waals surface area contributed by atoms with Crippen LogP contribution in [0.15, 0.2) is 91.1 Å². The van der Waals surface area contributed by atoms with Crippen molar-refractivity contribution in [1.29, 1.82) is 0 Å². The molecule has 1 N–H and O–H groups in total. The summed E-state index contributed by atoms with van der Waals surface area (Å²) < 4.78 is 29.5. The van der Waals surface area contributed by atoms with Crippen molar-refractivity contribution < 1.29 is 8.78 Å². The summed E-state index contributed by atoms with van der Waals surface area (Å²) >= 11 is 11.8. The quantitative estimate of drug-likeness (QED) is 0.291. The Labute approximate surface area is 202 Å². The van der Waals surface area contributed by atoms with E-state index in [9.17, 15) is 8.78 Å². The molecule has 0 amide bonds. The maximum Gasteiger partial charge on any atom is 0.174 e. The molecular weight excluding hydrogens is 460 g/mol. The van der Waals surface area contributed by atoms with E-state index in [0.717, 1.165) is 22.9 Å². The lowest BCUT2D eigenvalue weighted by Gasteiger charge is -2.27. The van der Waals surface area contributed by atoms with Crippen molar-refractivity contribution >= 4 is 34.6 Å². The first kappa shape index (κ1) is 23.0. The van der Waals surface area contributed by atoms with Gasteiger partial charge in [-0.25, -0.2) is 8.78 Å². The largest absolute Gasteiger partial charge is 0.345 e. The molecule has 3 nitrogen and oxygen atoms in total. The Balaban J connectivity index is 1.56. The van der Waals surface area contributed by atoms with Crippen LogP contribution in [-0.4, -0.2) is 14.6 Å². The molecule has 0 bridgehead atoms. The molecule has 0 radical (unpaired) electrons.